The van der Waals surface area contributed by atoms with Crippen LogP contribution >= 0.6 is 0 Å². The van der Waals surface area contributed by atoms with E-state index < -0.39 is 7.12 Å². The zero-order valence-electron chi connectivity index (χ0n) is 16.0. The maximum atomic E-state index is 14.2. The predicted molar refractivity (Wildman–Crippen MR) is 103 cm³/mol. The first-order valence-electron chi connectivity index (χ1n) is 8.49. The van der Waals surface area contributed by atoms with Crippen LogP contribution in [0.2, 0.25) is 6.82 Å². The van der Waals surface area contributed by atoms with Gasteiger partial charge in [-0.1, -0.05) is 32.1 Å². The molecule has 0 fully saturated rings. The average Bonchev–Trinajstić information content (AvgIpc) is 2.72. The van der Waals surface area contributed by atoms with E-state index in [2.05, 4.69) is 53.3 Å². The van der Waals surface area contributed by atoms with E-state index in [0.29, 0.717) is 5.92 Å². The molecule has 0 saturated heterocycles. The predicted octanol–water partition coefficient (Wildman–Crippen LogP) is 6.38. The minimum Gasteiger partial charge on any atom is -0.360 e. The van der Waals surface area contributed by atoms with Gasteiger partial charge in [-0.25, -0.2) is 0 Å². The van der Waals surface area contributed by atoms with Crippen LogP contribution in [0.3, 0.4) is 0 Å². The maximum Gasteiger partial charge on any atom is 0.462 e. The number of aromatic nitrogens is 1. The number of aryl methyl sites for hydroxylation is 2. The third-order valence-electron chi connectivity index (χ3n) is 4.53. The first kappa shape index (κ1) is 19.5. The summed E-state index contributed by atoms with van der Waals surface area (Å²) in [6.45, 7) is 20.3. The highest BCUT2D eigenvalue weighted by molar-refractivity contribution is 6.48. The monoisotopic (exact) mass is 315 g/mol. The first-order valence-corrected chi connectivity index (χ1v) is 8.49. The molecule has 0 N–H and O–H groups in total. The Hall–Kier alpha value is -1.51. The fraction of sp³-hybridized carbons (Fsp3) is 0.500. The van der Waals surface area contributed by atoms with Gasteiger partial charge >= 0.3 is 7.12 Å². The molecule has 0 aliphatic carbocycles. The Morgan fingerprint density at radius 1 is 1.35 bits per heavy atom. The molecule has 0 aliphatic heterocycles. The lowest BCUT2D eigenvalue weighted by molar-refractivity contribution is 0.662. The smallest absolute Gasteiger partial charge is 0.360 e. The van der Waals surface area contributed by atoms with Crippen LogP contribution in [0.25, 0.3) is 5.57 Å². The van der Waals surface area contributed by atoms with Crippen molar-refractivity contribution in [1.29, 1.82) is 0 Å². The number of allylic oxidation sites excluding steroid dienone is 5. The van der Waals surface area contributed by atoms with Gasteiger partial charge in [0.2, 0.25) is 0 Å². The van der Waals surface area contributed by atoms with Crippen LogP contribution in [0, 0.1) is 19.8 Å². The van der Waals surface area contributed by atoms with Gasteiger partial charge in [0.25, 0.3) is 0 Å². The van der Waals surface area contributed by atoms with Gasteiger partial charge in [-0.2, -0.15) is 0 Å². The van der Waals surface area contributed by atoms with Gasteiger partial charge in [-0.15, -0.1) is 0 Å². The fourth-order valence-corrected chi connectivity index (χ4v) is 3.59. The van der Waals surface area contributed by atoms with Crippen molar-refractivity contribution < 1.29 is 4.32 Å². The molecule has 1 unspecified atom stereocenters. The summed E-state index contributed by atoms with van der Waals surface area (Å²) in [5, 5.41) is 0. The molecule has 0 aliphatic rings. The van der Waals surface area contributed by atoms with Crippen molar-refractivity contribution in [3.63, 3.8) is 0 Å². The molecule has 1 nitrogen and oxygen atoms in total. The molecular formula is C20H31BFN. The van der Waals surface area contributed by atoms with E-state index in [1.54, 1.807) is 11.3 Å². The van der Waals surface area contributed by atoms with Crippen LogP contribution in [-0.2, 0) is 0 Å². The van der Waals surface area contributed by atoms with E-state index in [0.717, 1.165) is 28.9 Å². The second kappa shape index (κ2) is 7.85. The van der Waals surface area contributed by atoms with Crippen molar-refractivity contribution in [2.24, 2.45) is 5.92 Å². The second-order valence-corrected chi connectivity index (χ2v) is 6.78. The Labute approximate surface area is 142 Å². The van der Waals surface area contributed by atoms with Crippen LogP contribution in [0.4, 0.5) is 4.32 Å². The van der Waals surface area contributed by atoms with Gasteiger partial charge in [0.1, 0.15) is 0 Å². The molecule has 1 heterocycles. The highest BCUT2D eigenvalue weighted by atomic mass is 19.1. The number of nitrogens with zero attached hydrogens (tertiary/aromatic N) is 1. The topological polar surface area (TPSA) is 4.93 Å². The van der Waals surface area contributed by atoms with Crippen LogP contribution in [-0.4, -0.2) is 11.6 Å². The Kier molecular flexibility index (Phi) is 6.67. The molecule has 1 atom stereocenters. The van der Waals surface area contributed by atoms with Gasteiger partial charge in [0, 0.05) is 11.4 Å². The largest absolute Gasteiger partial charge is 0.462 e. The summed E-state index contributed by atoms with van der Waals surface area (Å²) >= 11 is 0. The van der Waals surface area contributed by atoms with Crippen LogP contribution in [0.1, 0.15) is 58.0 Å². The number of hydrogen-bond donors (Lipinski definition) is 0. The van der Waals surface area contributed by atoms with Crippen molar-refractivity contribution >= 4 is 12.7 Å². The van der Waals surface area contributed by atoms with Crippen molar-refractivity contribution in [3.8, 4) is 0 Å². The molecule has 0 aromatic carbocycles. The van der Waals surface area contributed by atoms with Gasteiger partial charge in [-0.3, -0.25) is 0 Å². The highest BCUT2D eigenvalue weighted by Gasteiger charge is 2.22. The van der Waals surface area contributed by atoms with Gasteiger partial charge in [0.15, 0.2) is 0 Å². The van der Waals surface area contributed by atoms with Gasteiger partial charge < -0.3 is 8.79 Å². The Bertz CT molecular complexity index is 647. The third kappa shape index (κ3) is 4.28. The van der Waals surface area contributed by atoms with Crippen molar-refractivity contribution in [1.82, 2.24) is 4.48 Å². The van der Waals surface area contributed by atoms with E-state index in [1.807, 2.05) is 13.8 Å². The lowest BCUT2D eigenvalue weighted by Gasteiger charge is -2.22. The molecule has 1 aromatic rings. The molecule has 0 amide bonds. The summed E-state index contributed by atoms with van der Waals surface area (Å²) in [6, 6.07) is 2.07. The van der Waals surface area contributed by atoms with E-state index in [-0.39, 0.29) is 0 Å². The third-order valence-corrected chi connectivity index (χ3v) is 4.53. The summed E-state index contributed by atoms with van der Waals surface area (Å²) < 4.78 is 16.0. The van der Waals surface area contributed by atoms with Crippen LogP contribution < -0.4 is 0 Å². The average molecular weight is 315 g/mol. The number of hydrogen-bond acceptors (Lipinski definition) is 0. The molecule has 126 valence electrons. The van der Waals surface area contributed by atoms with Crippen molar-refractivity contribution in [3.05, 3.63) is 52.4 Å². The zero-order valence-corrected chi connectivity index (χ0v) is 16.0. The zero-order chi connectivity index (χ0) is 17.9. The summed E-state index contributed by atoms with van der Waals surface area (Å²) in [7, 11) is -1.03. The van der Waals surface area contributed by atoms with Gasteiger partial charge in [-0.05, 0) is 82.1 Å². The Morgan fingerprint density at radius 3 is 2.35 bits per heavy atom. The molecule has 3 heteroatoms. The van der Waals surface area contributed by atoms with Crippen molar-refractivity contribution in [2.75, 3.05) is 0 Å². The van der Waals surface area contributed by atoms with Crippen molar-refractivity contribution in [2.45, 2.75) is 61.7 Å². The number of rotatable bonds is 6. The van der Waals surface area contributed by atoms with E-state index in [4.69, 9.17) is 0 Å². The first-order chi connectivity index (χ1) is 10.6. The van der Waals surface area contributed by atoms with Crippen LogP contribution in [0.15, 0.2) is 35.4 Å². The Morgan fingerprint density at radius 2 is 1.91 bits per heavy atom. The number of halogens is 1. The summed E-state index contributed by atoms with van der Waals surface area (Å²) in [4.78, 5) is 0. The van der Waals surface area contributed by atoms with E-state index >= 15 is 0 Å². The Balaban J connectivity index is 3.70. The second-order valence-electron chi connectivity index (χ2n) is 6.78. The minimum atomic E-state index is -1.03. The standard InChI is InChI=1S/C20H31BFN/c1-10-14(4)19(15(5)11-13(2)3)18(8)20-16(6)12-17(7)23(20)21(9)22/h11-12,14H,2,10H2,1,3-9H3. The fourth-order valence-electron chi connectivity index (χ4n) is 3.59. The molecule has 0 spiro atoms. The molecule has 1 aromatic heterocycles. The normalized spacial score (nSPS) is 14.6. The summed E-state index contributed by atoms with van der Waals surface area (Å²) in [5.74, 6) is 0.420. The molecule has 23 heavy (non-hydrogen) atoms. The van der Waals surface area contributed by atoms with E-state index in [1.165, 1.54) is 16.7 Å². The van der Waals surface area contributed by atoms with E-state index in [9.17, 15) is 4.32 Å². The molecule has 1 rings (SSSR count). The minimum absolute atomic E-state index is 0.420. The lowest BCUT2D eigenvalue weighted by Crippen LogP contribution is -2.19. The molecular weight excluding hydrogens is 284 g/mol. The quantitative estimate of drug-likeness (QED) is 0.424. The SMILES string of the molecule is C=C(C)C=C(C)C(=C(C)c1c(C)cc(C)n1B(C)F)C(C)CC. The lowest BCUT2D eigenvalue weighted by atomic mass is 9.84. The summed E-state index contributed by atoms with van der Waals surface area (Å²) in [6.07, 6.45) is 3.18. The maximum absolute atomic E-state index is 14.2. The highest BCUT2D eigenvalue weighted by Crippen LogP contribution is 2.34. The molecule has 0 saturated carbocycles. The molecule has 0 bridgehead atoms. The molecule has 0 radical (unpaired) electrons. The summed E-state index contributed by atoms with van der Waals surface area (Å²) in [5.41, 5.74) is 7.86. The van der Waals surface area contributed by atoms with Gasteiger partial charge in [0.05, 0.1) is 0 Å². The van der Waals surface area contributed by atoms with Crippen LogP contribution in [0.5, 0.6) is 0 Å².